The van der Waals surface area contributed by atoms with E-state index in [1.165, 1.54) is 0 Å². The van der Waals surface area contributed by atoms with E-state index in [-0.39, 0.29) is 5.91 Å². The van der Waals surface area contributed by atoms with Crippen molar-refractivity contribution in [3.63, 3.8) is 0 Å². The van der Waals surface area contributed by atoms with Crippen LogP contribution >= 0.6 is 0 Å². The summed E-state index contributed by atoms with van der Waals surface area (Å²) in [5.41, 5.74) is 3.98. The van der Waals surface area contributed by atoms with Crippen LogP contribution < -0.4 is 10.2 Å². The first kappa shape index (κ1) is 21.3. The Kier molecular flexibility index (Phi) is 6.88. The lowest BCUT2D eigenvalue weighted by Gasteiger charge is -2.44. The molecule has 2 aromatic rings. The number of carbonyl (C=O) groups excluding carboxylic acids is 1. The summed E-state index contributed by atoms with van der Waals surface area (Å²) >= 11 is 0. The van der Waals surface area contributed by atoms with Crippen LogP contribution in [-0.2, 0) is 4.79 Å². The largest absolute Gasteiger partial charge is 0.317 e. The smallest absolute Gasteiger partial charge is 0.247 e. The number of nitrogens with one attached hydrogen (secondary N) is 1. The Morgan fingerprint density at radius 1 is 1.00 bits per heavy atom. The second-order valence-electron chi connectivity index (χ2n) is 8.15. The predicted molar refractivity (Wildman–Crippen MR) is 122 cm³/mol. The number of benzene rings is 2. The molecule has 1 amide bonds. The van der Waals surface area contributed by atoms with Gasteiger partial charge in [-0.1, -0.05) is 60.7 Å². The molecule has 1 heterocycles. The van der Waals surface area contributed by atoms with E-state index in [2.05, 4.69) is 66.5 Å². The van der Waals surface area contributed by atoms with Crippen LogP contribution in [0.15, 0.2) is 54.6 Å². The zero-order chi connectivity index (χ0) is 20.9. The van der Waals surface area contributed by atoms with E-state index in [4.69, 9.17) is 0 Å². The number of hydrogen-bond acceptors (Lipinski definition) is 3. The highest BCUT2D eigenvalue weighted by Gasteiger charge is 2.44. The van der Waals surface area contributed by atoms with E-state index in [0.717, 1.165) is 48.3 Å². The van der Waals surface area contributed by atoms with Crippen LogP contribution in [0.3, 0.4) is 0 Å². The first-order valence-electron chi connectivity index (χ1n) is 10.4. The Balaban J connectivity index is 1.98. The van der Waals surface area contributed by atoms with E-state index >= 15 is 0 Å². The summed E-state index contributed by atoms with van der Waals surface area (Å²) in [6.45, 7) is 6.47. The molecule has 1 aliphatic rings. The van der Waals surface area contributed by atoms with E-state index < -0.39 is 5.54 Å². The molecule has 154 valence electrons. The number of likely N-dealkylation sites (N-methyl/N-ethyl adjacent to an activating group) is 1. The minimum atomic E-state index is -0.472. The average Bonchev–Trinajstić information content (AvgIpc) is 2.73. The number of anilines is 1. The van der Waals surface area contributed by atoms with E-state index in [1.54, 1.807) is 0 Å². The first-order chi connectivity index (χ1) is 14.0. The monoisotopic (exact) mass is 391 g/mol. The maximum atomic E-state index is 14.0. The molecule has 0 spiro atoms. The summed E-state index contributed by atoms with van der Waals surface area (Å²) < 4.78 is 0. The summed E-state index contributed by atoms with van der Waals surface area (Å²) in [4.78, 5) is 18.1. The summed E-state index contributed by atoms with van der Waals surface area (Å²) in [5, 5.41) is 3.40. The van der Waals surface area contributed by atoms with Gasteiger partial charge in [-0.15, -0.1) is 0 Å². The molecule has 0 radical (unpaired) electrons. The fraction of sp³-hybridized carbons (Fsp3) is 0.400. The fourth-order valence-electron chi connectivity index (χ4n) is 4.31. The van der Waals surface area contributed by atoms with Crippen LogP contribution in [-0.4, -0.2) is 50.1 Å². The molecule has 1 saturated heterocycles. The molecule has 0 unspecified atom stereocenters. The van der Waals surface area contributed by atoms with Gasteiger partial charge in [-0.3, -0.25) is 9.69 Å². The van der Waals surface area contributed by atoms with Gasteiger partial charge in [-0.05, 0) is 70.6 Å². The molecule has 1 N–H and O–H groups in total. The number of rotatable bonds is 6. The number of carbonyl (C=O) groups is 1. The zero-order valence-electron chi connectivity index (χ0n) is 18.1. The molecule has 4 nitrogen and oxygen atoms in total. The maximum absolute atomic E-state index is 14.0. The van der Waals surface area contributed by atoms with Gasteiger partial charge in [0.1, 0.15) is 5.54 Å². The lowest BCUT2D eigenvalue weighted by atomic mass is 9.85. The number of aryl methyl sites for hydroxylation is 2. The third-order valence-corrected chi connectivity index (χ3v) is 6.04. The first-order valence-corrected chi connectivity index (χ1v) is 10.4. The van der Waals surface area contributed by atoms with Gasteiger partial charge < -0.3 is 10.2 Å². The maximum Gasteiger partial charge on any atom is 0.247 e. The highest BCUT2D eigenvalue weighted by Crippen LogP contribution is 2.32. The highest BCUT2D eigenvalue weighted by atomic mass is 16.2. The molecule has 4 heteroatoms. The highest BCUT2D eigenvalue weighted by molar-refractivity contribution is 6.01. The molecule has 0 aromatic heterocycles. The Morgan fingerprint density at radius 3 is 2.21 bits per heavy atom. The topological polar surface area (TPSA) is 35.6 Å². The SMILES string of the molecule is Cc1cccc(C)c1N(CC=Cc1ccccc1)C(=O)C1(N(C)C)CCNCC1. The molecule has 0 aliphatic carbocycles. The summed E-state index contributed by atoms with van der Waals surface area (Å²) in [6, 6.07) is 16.5. The van der Waals surface area contributed by atoms with E-state index in [0.29, 0.717) is 6.54 Å². The van der Waals surface area contributed by atoms with Crippen molar-refractivity contribution in [1.29, 1.82) is 0 Å². The van der Waals surface area contributed by atoms with E-state index in [1.807, 2.05) is 37.2 Å². The lowest BCUT2D eigenvalue weighted by molar-refractivity contribution is -0.130. The van der Waals surface area contributed by atoms with Gasteiger partial charge in [-0.2, -0.15) is 0 Å². The van der Waals surface area contributed by atoms with Gasteiger partial charge in [0, 0.05) is 12.2 Å². The van der Waals surface area contributed by atoms with Crippen molar-refractivity contribution >= 4 is 17.7 Å². The van der Waals surface area contributed by atoms with Gasteiger partial charge in [0.2, 0.25) is 5.91 Å². The Morgan fingerprint density at radius 2 is 1.62 bits per heavy atom. The lowest BCUT2D eigenvalue weighted by Crippen LogP contribution is -2.61. The van der Waals surface area contributed by atoms with Gasteiger partial charge in [0.25, 0.3) is 0 Å². The van der Waals surface area contributed by atoms with Crippen molar-refractivity contribution in [3.05, 3.63) is 71.3 Å². The summed E-state index contributed by atoms with van der Waals surface area (Å²) in [6.07, 6.45) is 5.84. The van der Waals surface area contributed by atoms with Crippen LogP contribution in [0.2, 0.25) is 0 Å². The second-order valence-corrected chi connectivity index (χ2v) is 8.15. The van der Waals surface area contributed by atoms with Crippen molar-refractivity contribution < 1.29 is 4.79 Å². The average molecular weight is 392 g/mol. The van der Waals surface area contributed by atoms with Crippen LogP contribution in [0.5, 0.6) is 0 Å². The third kappa shape index (κ3) is 4.60. The Labute approximate surface area is 175 Å². The van der Waals surface area contributed by atoms with E-state index in [9.17, 15) is 4.79 Å². The quantitative estimate of drug-likeness (QED) is 0.807. The van der Waals surface area contributed by atoms with Crippen molar-refractivity contribution in [2.75, 3.05) is 38.6 Å². The molecule has 0 bridgehead atoms. The number of hydrogen-bond donors (Lipinski definition) is 1. The number of nitrogens with zero attached hydrogens (tertiary/aromatic N) is 2. The molecule has 2 aromatic carbocycles. The van der Waals surface area contributed by atoms with Crippen molar-refractivity contribution in [1.82, 2.24) is 10.2 Å². The Hall–Kier alpha value is -2.43. The van der Waals surface area contributed by atoms with Crippen LogP contribution in [0.25, 0.3) is 6.08 Å². The molecular formula is C25H33N3O. The number of para-hydroxylation sites is 1. The van der Waals surface area contributed by atoms with Crippen molar-refractivity contribution in [3.8, 4) is 0 Å². The molecule has 1 fully saturated rings. The summed E-state index contributed by atoms with van der Waals surface area (Å²) in [5.74, 6) is 0.194. The number of amides is 1. The van der Waals surface area contributed by atoms with Crippen molar-refractivity contribution in [2.24, 2.45) is 0 Å². The predicted octanol–water partition coefficient (Wildman–Crippen LogP) is 4.03. The third-order valence-electron chi connectivity index (χ3n) is 6.04. The standard InChI is InChI=1S/C25H33N3O/c1-20-10-8-11-21(2)23(20)28(19-9-14-22-12-6-5-7-13-22)24(29)25(27(3)4)15-17-26-18-16-25/h5-14,26H,15-19H2,1-4H3. The van der Waals surface area contributed by atoms with Crippen LogP contribution in [0, 0.1) is 13.8 Å². The Bertz CT molecular complexity index is 831. The number of piperidine rings is 1. The zero-order valence-corrected chi connectivity index (χ0v) is 18.1. The van der Waals surface area contributed by atoms with Gasteiger partial charge >= 0.3 is 0 Å². The molecule has 3 rings (SSSR count). The van der Waals surface area contributed by atoms with Crippen LogP contribution in [0.1, 0.15) is 29.5 Å². The normalized spacial score (nSPS) is 16.3. The minimum absolute atomic E-state index is 0.194. The van der Waals surface area contributed by atoms with Gasteiger partial charge in [0.15, 0.2) is 0 Å². The minimum Gasteiger partial charge on any atom is -0.317 e. The van der Waals surface area contributed by atoms with Gasteiger partial charge in [0.05, 0.1) is 0 Å². The second kappa shape index (κ2) is 9.38. The molecule has 0 saturated carbocycles. The fourth-order valence-corrected chi connectivity index (χ4v) is 4.31. The molecule has 1 aliphatic heterocycles. The summed E-state index contributed by atoms with van der Waals surface area (Å²) in [7, 11) is 4.07. The molecule has 0 atom stereocenters. The van der Waals surface area contributed by atoms with Gasteiger partial charge in [-0.25, -0.2) is 0 Å². The van der Waals surface area contributed by atoms with Crippen LogP contribution in [0.4, 0.5) is 5.69 Å². The van der Waals surface area contributed by atoms with Crippen molar-refractivity contribution in [2.45, 2.75) is 32.2 Å². The molecule has 29 heavy (non-hydrogen) atoms. The molecular weight excluding hydrogens is 358 g/mol.